The van der Waals surface area contributed by atoms with Gasteiger partial charge in [-0.3, -0.25) is 0 Å². The average molecular weight is 250 g/mol. The largest absolute Gasteiger partial charge is 0.465 e. The molecule has 1 aromatic heterocycles. The van der Waals surface area contributed by atoms with Crippen molar-refractivity contribution >= 4 is 17.3 Å². The summed E-state index contributed by atoms with van der Waals surface area (Å²) in [6, 6.07) is 6.74. The summed E-state index contributed by atoms with van der Waals surface area (Å²) in [4.78, 5) is 11.8. The third-order valence-corrected chi connectivity index (χ3v) is 3.40. The Morgan fingerprint density at radius 2 is 2.06 bits per heavy atom. The van der Waals surface area contributed by atoms with Crippen LogP contribution < -0.4 is 0 Å². The zero-order valence-electron chi connectivity index (χ0n) is 9.49. The normalized spacial score (nSPS) is 10.3. The van der Waals surface area contributed by atoms with Crippen LogP contribution in [0.3, 0.4) is 0 Å². The third-order valence-electron chi connectivity index (χ3n) is 2.49. The molecule has 1 aromatic carbocycles. The Morgan fingerprint density at radius 3 is 2.71 bits per heavy atom. The van der Waals surface area contributed by atoms with Gasteiger partial charge >= 0.3 is 5.97 Å². The standard InChI is InChI=1S/C13H11FO2S/c1-8-3-4-9(5-11(8)14)10-6-12(17-7-10)13(15)16-2/h3-7H,1-2H3. The second-order valence-corrected chi connectivity index (χ2v) is 4.57. The van der Waals surface area contributed by atoms with Crippen LogP contribution >= 0.6 is 11.3 Å². The number of aryl methyl sites for hydroxylation is 1. The first-order valence-electron chi connectivity index (χ1n) is 5.05. The first-order valence-corrected chi connectivity index (χ1v) is 5.93. The van der Waals surface area contributed by atoms with Crippen molar-refractivity contribution in [1.82, 2.24) is 0 Å². The molecular weight excluding hydrogens is 239 g/mol. The van der Waals surface area contributed by atoms with E-state index >= 15 is 0 Å². The summed E-state index contributed by atoms with van der Waals surface area (Å²) in [5, 5.41) is 1.82. The van der Waals surface area contributed by atoms with E-state index in [0.717, 1.165) is 11.1 Å². The van der Waals surface area contributed by atoms with Gasteiger partial charge in [0.15, 0.2) is 0 Å². The molecule has 0 N–H and O–H groups in total. The van der Waals surface area contributed by atoms with Gasteiger partial charge < -0.3 is 4.74 Å². The molecule has 17 heavy (non-hydrogen) atoms. The fourth-order valence-corrected chi connectivity index (χ4v) is 2.30. The highest BCUT2D eigenvalue weighted by Gasteiger charge is 2.10. The second-order valence-electron chi connectivity index (χ2n) is 3.66. The second kappa shape index (κ2) is 4.67. The molecule has 2 rings (SSSR count). The van der Waals surface area contributed by atoms with Gasteiger partial charge in [-0.15, -0.1) is 11.3 Å². The number of benzene rings is 1. The van der Waals surface area contributed by atoms with E-state index in [1.807, 2.05) is 11.4 Å². The quantitative estimate of drug-likeness (QED) is 0.760. The van der Waals surface area contributed by atoms with E-state index in [4.69, 9.17) is 0 Å². The van der Waals surface area contributed by atoms with Crippen LogP contribution in [0, 0.1) is 12.7 Å². The van der Waals surface area contributed by atoms with Gasteiger partial charge in [-0.25, -0.2) is 9.18 Å². The zero-order chi connectivity index (χ0) is 12.4. The molecule has 0 unspecified atom stereocenters. The Morgan fingerprint density at radius 1 is 1.29 bits per heavy atom. The number of carbonyl (C=O) groups is 1. The van der Waals surface area contributed by atoms with Crippen LogP contribution in [0.1, 0.15) is 15.2 Å². The maximum Gasteiger partial charge on any atom is 0.348 e. The van der Waals surface area contributed by atoms with Gasteiger partial charge in [-0.05, 0) is 41.1 Å². The number of halogens is 1. The zero-order valence-corrected chi connectivity index (χ0v) is 10.3. The van der Waals surface area contributed by atoms with Gasteiger partial charge in [0.1, 0.15) is 10.7 Å². The highest BCUT2D eigenvalue weighted by atomic mass is 32.1. The van der Waals surface area contributed by atoms with Crippen molar-refractivity contribution < 1.29 is 13.9 Å². The number of hydrogen-bond donors (Lipinski definition) is 0. The Labute approximate surface area is 103 Å². The molecule has 0 amide bonds. The van der Waals surface area contributed by atoms with Gasteiger partial charge in [0.05, 0.1) is 7.11 Å². The monoisotopic (exact) mass is 250 g/mol. The molecule has 0 bridgehead atoms. The SMILES string of the molecule is COC(=O)c1cc(-c2ccc(C)c(F)c2)cs1. The molecular formula is C13H11FO2S. The summed E-state index contributed by atoms with van der Waals surface area (Å²) in [6.45, 7) is 1.71. The van der Waals surface area contributed by atoms with E-state index < -0.39 is 0 Å². The summed E-state index contributed by atoms with van der Waals surface area (Å²) < 4.78 is 18.0. The van der Waals surface area contributed by atoms with Crippen molar-refractivity contribution in [3.05, 3.63) is 45.9 Å². The number of rotatable bonds is 2. The van der Waals surface area contributed by atoms with Crippen molar-refractivity contribution in [3.63, 3.8) is 0 Å². The van der Waals surface area contributed by atoms with Crippen LogP contribution in [0.25, 0.3) is 11.1 Å². The first-order chi connectivity index (χ1) is 8.11. The fourth-order valence-electron chi connectivity index (χ4n) is 1.47. The molecule has 88 valence electrons. The maximum absolute atomic E-state index is 13.4. The molecule has 0 aliphatic heterocycles. The Balaban J connectivity index is 2.37. The third kappa shape index (κ3) is 2.36. The van der Waals surface area contributed by atoms with Gasteiger partial charge in [0.25, 0.3) is 0 Å². The van der Waals surface area contributed by atoms with Crippen LogP contribution in [0.2, 0.25) is 0 Å². The molecule has 0 radical (unpaired) electrons. The van der Waals surface area contributed by atoms with Crippen LogP contribution in [-0.4, -0.2) is 13.1 Å². The Bertz CT molecular complexity index is 560. The molecule has 0 fully saturated rings. The maximum atomic E-state index is 13.4. The first kappa shape index (κ1) is 11.8. The van der Waals surface area contributed by atoms with E-state index in [1.165, 1.54) is 24.5 Å². The molecule has 1 heterocycles. The van der Waals surface area contributed by atoms with Crippen LogP contribution in [0.4, 0.5) is 4.39 Å². The van der Waals surface area contributed by atoms with E-state index in [1.54, 1.807) is 19.1 Å². The topological polar surface area (TPSA) is 26.3 Å². The van der Waals surface area contributed by atoms with Gasteiger partial charge in [-0.1, -0.05) is 12.1 Å². The fraction of sp³-hybridized carbons (Fsp3) is 0.154. The summed E-state index contributed by atoms with van der Waals surface area (Å²) in [5.74, 6) is -0.609. The minimum Gasteiger partial charge on any atom is -0.465 e. The molecule has 0 aliphatic rings. The average Bonchev–Trinajstić information content (AvgIpc) is 2.81. The Hall–Kier alpha value is -1.68. The highest BCUT2D eigenvalue weighted by Crippen LogP contribution is 2.27. The van der Waals surface area contributed by atoms with Crippen molar-refractivity contribution in [2.45, 2.75) is 6.92 Å². The van der Waals surface area contributed by atoms with E-state index in [9.17, 15) is 9.18 Å². The number of carbonyl (C=O) groups excluding carboxylic acids is 1. The predicted molar refractivity (Wildman–Crippen MR) is 65.8 cm³/mol. The lowest BCUT2D eigenvalue weighted by atomic mass is 10.1. The summed E-state index contributed by atoms with van der Waals surface area (Å²) in [5.41, 5.74) is 2.20. The van der Waals surface area contributed by atoms with Crippen LogP contribution in [0.5, 0.6) is 0 Å². The van der Waals surface area contributed by atoms with E-state index in [-0.39, 0.29) is 11.8 Å². The van der Waals surface area contributed by atoms with Crippen LogP contribution in [0.15, 0.2) is 29.6 Å². The number of methoxy groups -OCH3 is 1. The Kier molecular flexibility index (Phi) is 3.24. The molecule has 0 saturated carbocycles. The number of ether oxygens (including phenoxy) is 1. The van der Waals surface area contributed by atoms with E-state index in [2.05, 4.69) is 4.74 Å². The smallest absolute Gasteiger partial charge is 0.348 e. The van der Waals surface area contributed by atoms with Gasteiger partial charge in [-0.2, -0.15) is 0 Å². The predicted octanol–water partition coefficient (Wildman–Crippen LogP) is 3.65. The minimum atomic E-state index is -0.367. The van der Waals surface area contributed by atoms with Crippen LogP contribution in [-0.2, 0) is 4.74 Å². The summed E-state index contributed by atoms with van der Waals surface area (Å²) in [7, 11) is 1.34. The van der Waals surface area contributed by atoms with Gasteiger partial charge in [0.2, 0.25) is 0 Å². The van der Waals surface area contributed by atoms with Crippen molar-refractivity contribution in [2.75, 3.05) is 7.11 Å². The molecule has 0 atom stereocenters. The molecule has 4 heteroatoms. The van der Waals surface area contributed by atoms with Gasteiger partial charge in [0, 0.05) is 0 Å². The number of esters is 1. The van der Waals surface area contributed by atoms with E-state index in [0.29, 0.717) is 10.4 Å². The molecule has 0 aliphatic carbocycles. The van der Waals surface area contributed by atoms with Crippen molar-refractivity contribution in [3.8, 4) is 11.1 Å². The molecule has 0 spiro atoms. The van der Waals surface area contributed by atoms with Crippen molar-refractivity contribution in [1.29, 1.82) is 0 Å². The number of thiophene rings is 1. The summed E-state index contributed by atoms with van der Waals surface area (Å²) in [6.07, 6.45) is 0. The number of hydrogen-bond acceptors (Lipinski definition) is 3. The summed E-state index contributed by atoms with van der Waals surface area (Å²) >= 11 is 1.29. The molecule has 0 saturated heterocycles. The molecule has 2 nitrogen and oxygen atoms in total. The minimum absolute atomic E-state index is 0.242. The lowest BCUT2D eigenvalue weighted by molar-refractivity contribution is 0.0606. The highest BCUT2D eigenvalue weighted by molar-refractivity contribution is 7.12. The lowest BCUT2D eigenvalue weighted by Gasteiger charge is -2.00. The van der Waals surface area contributed by atoms with Crippen molar-refractivity contribution in [2.24, 2.45) is 0 Å². The lowest BCUT2D eigenvalue weighted by Crippen LogP contribution is -1.96. The molecule has 2 aromatic rings.